The quantitative estimate of drug-likeness (QED) is 0.649. The van der Waals surface area contributed by atoms with Gasteiger partial charge in [-0.05, 0) is 18.1 Å². The molecule has 1 aliphatic heterocycles. The van der Waals surface area contributed by atoms with Gasteiger partial charge in [0, 0.05) is 17.9 Å². The van der Waals surface area contributed by atoms with Gasteiger partial charge in [0.1, 0.15) is 11.9 Å². The van der Waals surface area contributed by atoms with Gasteiger partial charge in [0.15, 0.2) is 0 Å². The van der Waals surface area contributed by atoms with Crippen molar-refractivity contribution in [2.75, 3.05) is 5.32 Å². The van der Waals surface area contributed by atoms with Gasteiger partial charge in [0.25, 0.3) is 0 Å². The summed E-state index contributed by atoms with van der Waals surface area (Å²) in [7, 11) is 0. The molecule has 1 aromatic heterocycles. The highest BCUT2D eigenvalue weighted by atomic mass is 79.9. The van der Waals surface area contributed by atoms with Gasteiger partial charge in [-0.2, -0.15) is 0 Å². The summed E-state index contributed by atoms with van der Waals surface area (Å²) in [6.45, 7) is 0. The van der Waals surface area contributed by atoms with Crippen LogP contribution in [0.4, 0.5) is 5.82 Å². The number of nitrogens with zero attached hydrogens (tertiary/aromatic N) is 1. The van der Waals surface area contributed by atoms with Crippen molar-refractivity contribution < 1.29 is 9.59 Å². The lowest BCUT2D eigenvalue weighted by atomic mass is 10.1. The fourth-order valence-electron chi connectivity index (χ4n) is 1.60. The molecule has 0 radical (unpaired) electrons. The summed E-state index contributed by atoms with van der Waals surface area (Å²) in [5.74, 6) is 0.146. The third-order valence-corrected chi connectivity index (χ3v) is 3.19. The molecule has 1 saturated heterocycles. The van der Waals surface area contributed by atoms with Crippen molar-refractivity contribution in [3.8, 4) is 0 Å². The first-order valence-corrected chi connectivity index (χ1v) is 6.42. The number of rotatable bonds is 3. The van der Waals surface area contributed by atoms with E-state index in [0.717, 1.165) is 10.9 Å². The zero-order chi connectivity index (χ0) is 12.3. The highest BCUT2D eigenvalue weighted by Crippen LogP contribution is 2.13. The Morgan fingerprint density at radius 2 is 2.29 bits per heavy atom. The van der Waals surface area contributed by atoms with E-state index in [4.69, 9.17) is 0 Å². The average Bonchev–Trinajstić information content (AvgIpc) is 2.34. The Bertz CT molecular complexity index is 433. The van der Waals surface area contributed by atoms with E-state index in [9.17, 15) is 9.59 Å². The van der Waals surface area contributed by atoms with E-state index in [1.165, 1.54) is 0 Å². The first kappa shape index (κ1) is 12.0. The Hall–Kier alpha value is -1.43. The molecule has 2 amide bonds. The predicted octanol–water partition coefficient (Wildman–Crippen LogP) is 1.19. The lowest BCUT2D eigenvalue weighted by molar-refractivity contribution is -0.133. The molecule has 2 N–H and O–H groups in total. The number of pyridine rings is 1. The zero-order valence-corrected chi connectivity index (χ0v) is 10.7. The minimum absolute atomic E-state index is 0.212. The zero-order valence-electron chi connectivity index (χ0n) is 9.07. The number of alkyl halides is 1. The number of anilines is 1. The highest BCUT2D eigenvalue weighted by molar-refractivity contribution is 9.08. The molecule has 0 aliphatic carbocycles. The minimum Gasteiger partial charge on any atom is -0.358 e. The number of halogens is 1. The smallest absolute Gasteiger partial charge is 0.249 e. The summed E-state index contributed by atoms with van der Waals surface area (Å²) in [5.41, 5.74) is 1.07. The van der Waals surface area contributed by atoms with E-state index < -0.39 is 0 Å². The van der Waals surface area contributed by atoms with E-state index in [0.29, 0.717) is 18.7 Å². The van der Waals surface area contributed by atoms with Crippen molar-refractivity contribution in [2.24, 2.45) is 0 Å². The van der Waals surface area contributed by atoms with Crippen molar-refractivity contribution in [1.82, 2.24) is 10.3 Å². The maximum absolute atomic E-state index is 11.5. The number of aromatic nitrogens is 1. The molecule has 0 bridgehead atoms. The summed E-state index contributed by atoms with van der Waals surface area (Å²) in [4.78, 5) is 26.7. The monoisotopic (exact) mass is 297 g/mol. The summed E-state index contributed by atoms with van der Waals surface area (Å²) in [6.07, 6.45) is 2.61. The van der Waals surface area contributed by atoms with Crippen molar-refractivity contribution >= 4 is 33.6 Å². The second-order valence-corrected chi connectivity index (χ2v) is 4.39. The van der Waals surface area contributed by atoms with Crippen molar-refractivity contribution in [2.45, 2.75) is 24.2 Å². The summed E-state index contributed by atoms with van der Waals surface area (Å²) in [6, 6.07) is 3.37. The fraction of sp³-hybridized carbons (Fsp3) is 0.364. The standard InChI is InChI=1S/C11H12BrN3O2/c12-5-7-1-3-9(13-6-7)14-8-2-4-10(16)15-11(8)17/h1,3,6,8H,2,4-5H2,(H,13,14)(H,15,16,17). The summed E-state index contributed by atoms with van der Waals surface area (Å²) < 4.78 is 0. The Morgan fingerprint density at radius 1 is 1.47 bits per heavy atom. The van der Waals surface area contributed by atoms with Crippen LogP contribution in [0.1, 0.15) is 18.4 Å². The highest BCUT2D eigenvalue weighted by Gasteiger charge is 2.26. The van der Waals surface area contributed by atoms with Gasteiger partial charge in [-0.1, -0.05) is 22.0 Å². The largest absolute Gasteiger partial charge is 0.358 e. The molecule has 1 aromatic rings. The van der Waals surface area contributed by atoms with Crippen LogP contribution in [0.15, 0.2) is 18.3 Å². The van der Waals surface area contributed by atoms with E-state index in [2.05, 4.69) is 31.5 Å². The summed E-state index contributed by atoms with van der Waals surface area (Å²) >= 11 is 3.33. The molecular formula is C11H12BrN3O2. The molecule has 1 fully saturated rings. The number of hydrogen-bond acceptors (Lipinski definition) is 4. The molecule has 17 heavy (non-hydrogen) atoms. The normalized spacial score (nSPS) is 19.9. The molecule has 2 rings (SSSR count). The van der Waals surface area contributed by atoms with Gasteiger partial charge in [-0.25, -0.2) is 4.98 Å². The third kappa shape index (κ3) is 3.03. The van der Waals surface area contributed by atoms with Crippen LogP contribution >= 0.6 is 15.9 Å². The Kier molecular flexibility index (Phi) is 3.73. The SMILES string of the molecule is O=C1CCC(Nc2ccc(CBr)cn2)C(=O)N1. The minimum atomic E-state index is -0.380. The van der Waals surface area contributed by atoms with Crippen LogP contribution in [-0.4, -0.2) is 22.8 Å². The Morgan fingerprint density at radius 3 is 2.88 bits per heavy atom. The molecule has 1 unspecified atom stereocenters. The van der Waals surface area contributed by atoms with Crippen molar-refractivity contribution in [3.05, 3.63) is 23.9 Å². The number of piperidine rings is 1. The number of amides is 2. The van der Waals surface area contributed by atoms with Gasteiger partial charge in [0.2, 0.25) is 11.8 Å². The van der Waals surface area contributed by atoms with Gasteiger partial charge in [-0.15, -0.1) is 0 Å². The van der Waals surface area contributed by atoms with Gasteiger partial charge < -0.3 is 5.32 Å². The molecule has 0 saturated carbocycles. The van der Waals surface area contributed by atoms with E-state index in [-0.39, 0.29) is 17.9 Å². The van der Waals surface area contributed by atoms with Crippen LogP contribution in [-0.2, 0) is 14.9 Å². The fourth-order valence-corrected chi connectivity index (χ4v) is 1.93. The maximum atomic E-state index is 11.5. The lowest BCUT2D eigenvalue weighted by Crippen LogP contribution is -2.47. The molecular weight excluding hydrogens is 286 g/mol. The molecule has 6 heteroatoms. The maximum Gasteiger partial charge on any atom is 0.249 e. The number of carbonyl (C=O) groups is 2. The van der Waals surface area contributed by atoms with Crippen LogP contribution in [0.2, 0.25) is 0 Å². The van der Waals surface area contributed by atoms with Crippen LogP contribution in [0.5, 0.6) is 0 Å². The third-order valence-electron chi connectivity index (χ3n) is 2.54. The Labute approximate surface area is 107 Å². The van der Waals surface area contributed by atoms with Crippen molar-refractivity contribution in [1.29, 1.82) is 0 Å². The Balaban J connectivity index is 2.00. The molecule has 5 nitrogen and oxygen atoms in total. The predicted molar refractivity (Wildman–Crippen MR) is 66.7 cm³/mol. The topological polar surface area (TPSA) is 71.1 Å². The molecule has 1 aliphatic rings. The number of hydrogen-bond donors (Lipinski definition) is 2. The summed E-state index contributed by atoms with van der Waals surface area (Å²) in [5, 5.41) is 6.06. The van der Waals surface area contributed by atoms with E-state index in [1.807, 2.05) is 12.1 Å². The van der Waals surface area contributed by atoms with Gasteiger partial charge >= 0.3 is 0 Å². The van der Waals surface area contributed by atoms with Crippen molar-refractivity contribution in [3.63, 3.8) is 0 Å². The first-order valence-electron chi connectivity index (χ1n) is 5.30. The van der Waals surface area contributed by atoms with Gasteiger partial charge in [0.05, 0.1) is 0 Å². The van der Waals surface area contributed by atoms with Crippen LogP contribution in [0.25, 0.3) is 0 Å². The number of imide groups is 1. The van der Waals surface area contributed by atoms with Crippen LogP contribution < -0.4 is 10.6 Å². The molecule has 0 spiro atoms. The van der Waals surface area contributed by atoms with Crippen LogP contribution in [0.3, 0.4) is 0 Å². The number of carbonyl (C=O) groups excluding carboxylic acids is 2. The van der Waals surface area contributed by atoms with Crippen LogP contribution in [0, 0.1) is 0 Å². The lowest BCUT2D eigenvalue weighted by Gasteiger charge is -2.22. The second-order valence-electron chi connectivity index (χ2n) is 3.83. The molecule has 1 atom stereocenters. The average molecular weight is 298 g/mol. The second kappa shape index (κ2) is 5.27. The van der Waals surface area contributed by atoms with E-state index in [1.54, 1.807) is 6.20 Å². The first-order chi connectivity index (χ1) is 8.19. The number of nitrogens with one attached hydrogen (secondary N) is 2. The van der Waals surface area contributed by atoms with Gasteiger partial charge in [-0.3, -0.25) is 14.9 Å². The van der Waals surface area contributed by atoms with E-state index >= 15 is 0 Å². The molecule has 2 heterocycles. The molecule has 0 aromatic carbocycles. The molecule has 90 valence electrons.